The van der Waals surface area contributed by atoms with Gasteiger partial charge in [0.25, 0.3) is 0 Å². The van der Waals surface area contributed by atoms with E-state index in [0.29, 0.717) is 5.54 Å². The SMILES string of the molecule is CSc1ccc(CNCC2(N3CCOCC3)CCCCC2)cc1. The first-order chi connectivity index (χ1) is 11.3. The third kappa shape index (κ3) is 4.50. The van der Waals surface area contributed by atoms with E-state index >= 15 is 0 Å². The topological polar surface area (TPSA) is 24.5 Å². The second-order valence-electron chi connectivity index (χ2n) is 6.84. The predicted molar refractivity (Wildman–Crippen MR) is 98.1 cm³/mol. The lowest BCUT2D eigenvalue weighted by Crippen LogP contribution is -2.59. The van der Waals surface area contributed by atoms with Gasteiger partial charge >= 0.3 is 0 Å². The van der Waals surface area contributed by atoms with Gasteiger partial charge in [0.05, 0.1) is 13.2 Å². The molecule has 3 nitrogen and oxygen atoms in total. The molecule has 1 aliphatic heterocycles. The van der Waals surface area contributed by atoms with Gasteiger partial charge in [-0.1, -0.05) is 31.4 Å². The molecule has 1 aliphatic carbocycles. The average molecular weight is 335 g/mol. The van der Waals surface area contributed by atoms with Crippen LogP contribution in [0.1, 0.15) is 37.7 Å². The van der Waals surface area contributed by atoms with Gasteiger partial charge < -0.3 is 10.1 Å². The standard InChI is InChI=1S/C19H30N2OS/c1-23-18-7-5-17(6-8-18)15-20-16-19(9-3-2-4-10-19)21-11-13-22-14-12-21/h5-8,20H,2-4,9-16H2,1H3. The smallest absolute Gasteiger partial charge is 0.0594 e. The van der Waals surface area contributed by atoms with Crippen LogP contribution in [0, 0.1) is 0 Å². The average Bonchev–Trinajstić information content (AvgIpc) is 2.64. The fraction of sp³-hybridized carbons (Fsp3) is 0.684. The zero-order valence-electron chi connectivity index (χ0n) is 14.4. The van der Waals surface area contributed by atoms with E-state index in [4.69, 9.17) is 4.74 Å². The van der Waals surface area contributed by atoms with Crippen molar-refractivity contribution >= 4 is 11.8 Å². The van der Waals surface area contributed by atoms with Crippen molar-refractivity contribution < 1.29 is 4.74 Å². The van der Waals surface area contributed by atoms with Gasteiger partial charge in [0.2, 0.25) is 0 Å². The van der Waals surface area contributed by atoms with Gasteiger partial charge in [0, 0.05) is 36.6 Å². The summed E-state index contributed by atoms with van der Waals surface area (Å²) in [6.45, 7) is 6.09. The quantitative estimate of drug-likeness (QED) is 0.804. The van der Waals surface area contributed by atoms with Gasteiger partial charge in [-0.15, -0.1) is 11.8 Å². The van der Waals surface area contributed by atoms with E-state index in [9.17, 15) is 0 Å². The van der Waals surface area contributed by atoms with Gasteiger partial charge in [-0.25, -0.2) is 0 Å². The van der Waals surface area contributed by atoms with E-state index in [-0.39, 0.29) is 0 Å². The van der Waals surface area contributed by atoms with Gasteiger partial charge in [0.15, 0.2) is 0 Å². The van der Waals surface area contributed by atoms with Crippen molar-refractivity contribution in [1.29, 1.82) is 0 Å². The van der Waals surface area contributed by atoms with Crippen LogP contribution in [0.2, 0.25) is 0 Å². The van der Waals surface area contributed by atoms with E-state index in [1.54, 1.807) is 11.8 Å². The van der Waals surface area contributed by atoms with Crippen LogP contribution in [-0.4, -0.2) is 49.5 Å². The van der Waals surface area contributed by atoms with Crippen LogP contribution >= 0.6 is 11.8 Å². The van der Waals surface area contributed by atoms with Crippen molar-refractivity contribution in [2.24, 2.45) is 0 Å². The second-order valence-corrected chi connectivity index (χ2v) is 7.72. The van der Waals surface area contributed by atoms with Crippen molar-refractivity contribution in [1.82, 2.24) is 10.2 Å². The fourth-order valence-electron chi connectivity index (χ4n) is 4.04. The summed E-state index contributed by atoms with van der Waals surface area (Å²) in [5.74, 6) is 0. The van der Waals surface area contributed by atoms with Crippen LogP contribution < -0.4 is 5.32 Å². The molecule has 4 heteroatoms. The number of nitrogens with zero attached hydrogens (tertiary/aromatic N) is 1. The zero-order chi connectivity index (χ0) is 16.0. The third-order valence-electron chi connectivity index (χ3n) is 5.41. The molecule has 1 aromatic rings. The Morgan fingerprint density at radius 2 is 1.78 bits per heavy atom. The second kappa shape index (κ2) is 8.52. The lowest BCUT2D eigenvalue weighted by Gasteiger charge is -2.48. The minimum Gasteiger partial charge on any atom is -0.379 e. The molecule has 2 aliphatic rings. The number of nitrogens with one attached hydrogen (secondary N) is 1. The highest BCUT2D eigenvalue weighted by molar-refractivity contribution is 7.98. The van der Waals surface area contributed by atoms with E-state index in [1.165, 1.54) is 42.6 Å². The molecule has 0 aromatic heterocycles. The maximum atomic E-state index is 5.57. The van der Waals surface area contributed by atoms with Crippen LogP contribution in [0.15, 0.2) is 29.2 Å². The van der Waals surface area contributed by atoms with Gasteiger partial charge in [-0.05, 0) is 36.8 Å². The Labute approximate surface area is 145 Å². The molecule has 2 fully saturated rings. The Morgan fingerprint density at radius 3 is 2.43 bits per heavy atom. The number of ether oxygens (including phenoxy) is 1. The maximum Gasteiger partial charge on any atom is 0.0594 e. The molecule has 0 spiro atoms. The molecule has 0 bridgehead atoms. The monoisotopic (exact) mass is 334 g/mol. The number of morpholine rings is 1. The molecular formula is C19H30N2OS. The number of rotatable bonds is 6. The molecule has 1 heterocycles. The Morgan fingerprint density at radius 1 is 1.09 bits per heavy atom. The third-order valence-corrected chi connectivity index (χ3v) is 6.15. The van der Waals surface area contributed by atoms with Crippen molar-refractivity contribution in [2.45, 2.75) is 49.1 Å². The summed E-state index contributed by atoms with van der Waals surface area (Å²) >= 11 is 1.80. The first kappa shape index (κ1) is 17.3. The molecule has 128 valence electrons. The summed E-state index contributed by atoms with van der Waals surface area (Å²) in [4.78, 5) is 4.05. The Bertz CT molecular complexity index is 465. The zero-order valence-corrected chi connectivity index (χ0v) is 15.2. The highest BCUT2D eigenvalue weighted by Gasteiger charge is 2.38. The number of hydrogen-bond acceptors (Lipinski definition) is 4. The summed E-state index contributed by atoms with van der Waals surface area (Å²) in [7, 11) is 0. The minimum atomic E-state index is 0.362. The molecule has 1 saturated heterocycles. The van der Waals surface area contributed by atoms with Gasteiger partial charge in [0.1, 0.15) is 0 Å². The molecule has 0 atom stereocenters. The Kier molecular flexibility index (Phi) is 6.40. The van der Waals surface area contributed by atoms with E-state index in [2.05, 4.69) is 40.7 Å². The number of benzene rings is 1. The van der Waals surface area contributed by atoms with Gasteiger partial charge in [-0.2, -0.15) is 0 Å². The molecule has 1 saturated carbocycles. The van der Waals surface area contributed by atoms with Crippen molar-refractivity contribution in [2.75, 3.05) is 39.1 Å². The summed E-state index contributed by atoms with van der Waals surface area (Å²) in [5, 5.41) is 3.76. The molecule has 1 aromatic carbocycles. The van der Waals surface area contributed by atoms with E-state index in [1.807, 2.05) is 0 Å². The van der Waals surface area contributed by atoms with E-state index < -0.39 is 0 Å². The summed E-state index contributed by atoms with van der Waals surface area (Å²) in [5.41, 5.74) is 1.75. The highest BCUT2D eigenvalue weighted by Crippen LogP contribution is 2.34. The van der Waals surface area contributed by atoms with Gasteiger partial charge in [-0.3, -0.25) is 4.90 Å². The van der Waals surface area contributed by atoms with E-state index in [0.717, 1.165) is 39.4 Å². The Hall–Kier alpha value is -0.550. The predicted octanol–water partition coefficient (Wildman–Crippen LogP) is 3.53. The Balaban J connectivity index is 1.57. The van der Waals surface area contributed by atoms with Crippen LogP contribution in [0.4, 0.5) is 0 Å². The fourth-order valence-corrected chi connectivity index (χ4v) is 4.44. The highest BCUT2D eigenvalue weighted by atomic mass is 32.2. The molecule has 23 heavy (non-hydrogen) atoms. The molecule has 0 unspecified atom stereocenters. The molecule has 0 amide bonds. The molecule has 3 rings (SSSR count). The first-order valence-corrected chi connectivity index (χ1v) is 10.2. The summed E-state index contributed by atoms with van der Waals surface area (Å²) < 4.78 is 5.57. The molecular weight excluding hydrogens is 304 g/mol. The lowest BCUT2D eigenvalue weighted by atomic mass is 9.79. The summed E-state index contributed by atoms with van der Waals surface area (Å²) in [6.07, 6.45) is 8.96. The van der Waals surface area contributed by atoms with Crippen LogP contribution in [-0.2, 0) is 11.3 Å². The van der Waals surface area contributed by atoms with Crippen LogP contribution in [0.5, 0.6) is 0 Å². The summed E-state index contributed by atoms with van der Waals surface area (Å²) in [6, 6.07) is 8.95. The minimum absolute atomic E-state index is 0.362. The van der Waals surface area contributed by atoms with Crippen LogP contribution in [0.3, 0.4) is 0 Å². The number of thioether (sulfide) groups is 1. The molecule has 0 radical (unpaired) electrons. The maximum absolute atomic E-state index is 5.57. The number of hydrogen-bond donors (Lipinski definition) is 1. The lowest BCUT2D eigenvalue weighted by molar-refractivity contribution is -0.0369. The first-order valence-electron chi connectivity index (χ1n) is 8.99. The van der Waals surface area contributed by atoms with Crippen molar-refractivity contribution in [3.63, 3.8) is 0 Å². The largest absolute Gasteiger partial charge is 0.379 e. The van der Waals surface area contributed by atoms with Crippen molar-refractivity contribution in [3.05, 3.63) is 29.8 Å². The van der Waals surface area contributed by atoms with Crippen LogP contribution in [0.25, 0.3) is 0 Å². The normalized spacial score (nSPS) is 22.1. The van der Waals surface area contributed by atoms with Crippen molar-refractivity contribution in [3.8, 4) is 0 Å². The molecule has 1 N–H and O–H groups in total.